The first-order valence-electron chi connectivity index (χ1n) is 22.6. The highest BCUT2D eigenvalue weighted by molar-refractivity contribution is 6.11. The predicted octanol–water partition coefficient (Wildman–Crippen LogP) is 17.2. The lowest BCUT2D eigenvalue weighted by atomic mass is 9.95. The number of rotatable bonds is 12. The third-order valence-electron chi connectivity index (χ3n) is 12.6. The van der Waals surface area contributed by atoms with E-state index in [-0.39, 0.29) is 6.10 Å². The predicted molar refractivity (Wildman–Crippen MR) is 272 cm³/mol. The number of nitrogens with zero attached hydrogens (tertiary/aromatic N) is 2. The van der Waals surface area contributed by atoms with Crippen LogP contribution in [0.2, 0.25) is 0 Å². The van der Waals surface area contributed by atoms with Gasteiger partial charge in [0.05, 0.1) is 17.1 Å². The van der Waals surface area contributed by atoms with Crippen LogP contribution >= 0.6 is 0 Å². The van der Waals surface area contributed by atoms with Gasteiger partial charge in [-0.3, -0.25) is 0 Å². The molecule has 0 amide bonds. The van der Waals surface area contributed by atoms with E-state index in [1.807, 2.05) is 0 Å². The van der Waals surface area contributed by atoms with Gasteiger partial charge in [-0.05, 0) is 161 Å². The van der Waals surface area contributed by atoms with Gasteiger partial charge in [0.2, 0.25) is 0 Å². The van der Waals surface area contributed by atoms with Gasteiger partial charge in [-0.1, -0.05) is 147 Å². The van der Waals surface area contributed by atoms with Crippen LogP contribution in [-0.2, 0) is 0 Å². The van der Waals surface area contributed by atoms with Crippen LogP contribution in [0, 0.1) is 0 Å². The van der Waals surface area contributed by atoms with Crippen LogP contribution in [0.25, 0.3) is 72.0 Å². The normalized spacial score (nSPS) is 11.9. The van der Waals surface area contributed by atoms with Crippen LogP contribution in [0.15, 0.2) is 218 Å². The molecule has 0 fully saturated rings. The molecular weight excluding hydrogens is 777 g/mol. The molecule has 1 heterocycles. The van der Waals surface area contributed by atoms with Gasteiger partial charge >= 0.3 is 0 Å². The molecule has 0 saturated carbocycles. The van der Waals surface area contributed by atoms with Crippen LogP contribution in [-0.4, -0.2) is 10.7 Å². The van der Waals surface area contributed by atoms with Crippen LogP contribution < -0.4 is 9.64 Å². The van der Waals surface area contributed by atoms with Gasteiger partial charge in [0.25, 0.3) is 0 Å². The highest BCUT2D eigenvalue weighted by atomic mass is 16.5. The highest BCUT2D eigenvalue weighted by Crippen LogP contribution is 2.40. The Morgan fingerprint density at radius 1 is 0.406 bits per heavy atom. The number of aromatic nitrogens is 1. The molecule has 1 unspecified atom stereocenters. The zero-order valence-electron chi connectivity index (χ0n) is 36.9. The molecule has 1 atom stereocenters. The molecule has 0 aliphatic heterocycles. The number of hydrogen-bond donors (Lipinski definition) is 0. The molecular formula is C61H52N2O. The largest absolute Gasteiger partial charge is 0.491 e. The Morgan fingerprint density at radius 2 is 0.781 bits per heavy atom. The Bertz CT molecular complexity index is 3070. The number of anilines is 3. The Kier molecular flexibility index (Phi) is 11.1. The zero-order chi connectivity index (χ0) is 43.6. The first-order valence-corrected chi connectivity index (χ1v) is 22.6. The van der Waals surface area contributed by atoms with E-state index in [0.717, 1.165) is 40.5 Å². The lowest BCUT2D eigenvalue weighted by molar-refractivity contribution is 0.242. The van der Waals surface area contributed by atoms with E-state index in [1.165, 1.54) is 66.3 Å². The standard InChI is InChI=1S/C61H52N2O/c1-5-43(4)44-16-18-49(19-17-44)51-26-38-60-58(40-51)59-41-52(27-39-61(59)63(60)56-34-36-57(37-35-56)64-42(2)3)50-24-32-55(33-25-50)62(53-28-20-47(21-29-53)45-12-8-6-9-13-45)54-30-22-48(23-31-54)46-14-10-7-11-15-46/h6-43H,5H2,1-4H3. The molecule has 3 nitrogen and oxygen atoms in total. The van der Waals surface area contributed by atoms with Crippen molar-refractivity contribution in [3.63, 3.8) is 0 Å². The summed E-state index contributed by atoms with van der Waals surface area (Å²) in [7, 11) is 0. The molecule has 312 valence electrons. The van der Waals surface area contributed by atoms with E-state index in [2.05, 4.69) is 256 Å². The van der Waals surface area contributed by atoms with E-state index in [1.54, 1.807) is 0 Å². The van der Waals surface area contributed by atoms with Gasteiger partial charge in [0.15, 0.2) is 0 Å². The molecule has 64 heavy (non-hydrogen) atoms. The van der Waals surface area contributed by atoms with Crippen LogP contribution in [0.1, 0.15) is 45.6 Å². The minimum atomic E-state index is 0.116. The summed E-state index contributed by atoms with van der Waals surface area (Å²) in [6.45, 7) is 8.68. The Morgan fingerprint density at radius 3 is 1.19 bits per heavy atom. The summed E-state index contributed by atoms with van der Waals surface area (Å²) < 4.78 is 8.41. The molecule has 0 N–H and O–H groups in total. The summed E-state index contributed by atoms with van der Waals surface area (Å²) in [5, 5.41) is 2.44. The van der Waals surface area contributed by atoms with Gasteiger partial charge in [0, 0.05) is 33.5 Å². The van der Waals surface area contributed by atoms with E-state index in [9.17, 15) is 0 Å². The van der Waals surface area contributed by atoms with Crippen molar-refractivity contribution in [1.82, 2.24) is 4.57 Å². The minimum absolute atomic E-state index is 0.116. The maximum atomic E-state index is 6.02. The first-order chi connectivity index (χ1) is 31.4. The fourth-order valence-corrected chi connectivity index (χ4v) is 8.96. The topological polar surface area (TPSA) is 17.4 Å². The zero-order valence-corrected chi connectivity index (χ0v) is 36.9. The average molecular weight is 829 g/mol. The van der Waals surface area contributed by atoms with Crippen molar-refractivity contribution in [3.05, 3.63) is 224 Å². The van der Waals surface area contributed by atoms with Gasteiger partial charge in [-0.15, -0.1) is 0 Å². The number of benzene rings is 9. The number of fused-ring (bicyclic) bond motifs is 3. The molecule has 10 rings (SSSR count). The van der Waals surface area contributed by atoms with Crippen molar-refractivity contribution in [2.75, 3.05) is 4.90 Å². The van der Waals surface area contributed by atoms with E-state index < -0.39 is 0 Å². The van der Waals surface area contributed by atoms with Crippen molar-refractivity contribution in [3.8, 4) is 55.9 Å². The van der Waals surface area contributed by atoms with Gasteiger partial charge in [0.1, 0.15) is 5.75 Å². The Balaban J connectivity index is 1.04. The first kappa shape index (κ1) is 40.5. The minimum Gasteiger partial charge on any atom is -0.491 e. The van der Waals surface area contributed by atoms with Crippen LogP contribution in [0.3, 0.4) is 0 Å². The molecule has 10 aromatic rings. The van der Waals surface area contributed by atoms with Crippen molar-refractivity contribution < 1.29 is 4.74 Å². The summed E-state index contributed by atoms with van der Waals surface area (Å²) in [4.78, 5) is 2.35. The fourth-order valence-electron chi connectivity index (χ4n) is 8.96. The molecule has 3 heteroatoms. The molecule has 0 bridgehead atoms. The van der Waals surface area contributed by atoms with Gasteiger partial charge in [-0.25, -0.2) is 0 Å². The highest BCUT2D eigenvalue weighted by Gasteiger charge is 2.17. The summed E-state index contributed by atoms with van der Waals surface area (Å²) in [5.74, 6) is 1.42. The third kappa shape index (κ3) is 8.09. The summed E-state index contributed by atoms with van der Waals surface area (Å²) in [5.41, 5.74) is 17.7. The van der Waals surface area contributed by atoms with Crippen molar-refractivity contribution in [1.29, 1.82) is 0 Å². The lowest BCUT2D eigenvalue weighted by Crippen LogP contribution is -2.09. The summed E-state index contributed by atoms with van der Waals surface area (Å²) in [6, 6.07) is 79.4. The Hall–Kier alpha value is -7.62. The maximum Gasteiger partial charge on any atom is 0.119 e. The molecule has 0 spiro atoms. The molecule has 0 aliphatic rings. The third-order valence-corrected chi connectivity index (χ3v) is 12.6. The molecule has 9 aromatic carbocycles. The van der Waals surface area contributed by atoms with Crippen LogP contribution in [0.5, 0.6) is 5.75 Å². The second kappa shape index (κ2) is 17.6. The summed E-state index contributed by atoms with van der Waals surface area (Å²) in [6.07, 6.45) is 1.25. The van der Waals surface area contributed by atoms with E-state index in [0.29, 0.717) is 5.92 Å². The van der Waals surface area contributed by atoms with Gasteiger partial charge in [-0.2, -0.15) is 0 Å². The number of hydrogen-bond acceptors (Lipinski definition) is 2. The Labute approximate surface area is 377 Å². The number of ether oxygens (including phenoxy) is 1. The van der Waals surface area contributed by atoms with E-state index in [4.69, 9.17) is 4.74 Å². The second-order valence-corrected chi connectivity index (χ2v) is 17.1. The summed E-state index contributed by atoms with van der Waals surface area (Å²) >= 11 is 0. The molecule has 1 aromatic heterocycles. The maximum absolute atomic E-state index is 6.02. The molecule has 0 saturated heterocycles. The molecule has 0 radical (unpaired) electrons. The van der Waals surface area contributed by atoms with Crippen LogP contribution in [0.4, 0.5) is 17.1 Å². The molecule has 0 aliphatic carbocycles. The SMILES string of the molecule is CCC(C)c1ccc(-c2ccc3c(c2)c2cc(-c4ccc(N(c5ccc(-c6ccccc6)cc5)c5ccc(-c6ccccc6)cc5)cc4)ccc2n3-c2ccc(OC(C)C)cc2)cc1. The van der Waals surface area contributed by atoms with Crippen molar-refractivity contribution >= 4 is 38.9 Å². The lowest BCUT2D eigenvalue weighted by Gasteiger charge is -2.26. The fraction of sp³-hybridized carbons (Fsp3) is 0.115. The van der Waals surface area contributed by atoms with E-state index >= 15 is 0 Å². The second-order valence-electron chi connectivity index (χ2n) is 17.1. The average Bonchev–Trinajstić information content (AvgIpc) is 3.68. The van der Waals surface area contributed by atoms with Crippen molar-refractivity contribution in [2.24, 2.45) is 0 Å². The van der Waals surface area contributed by atoms with Gasteiger partial charge < -0.3 is 14.2 Å². The smallest absolute Gasteiger partial charge is 0.119 e. The quantitative estimate of drug-likeness (QED) is 0.122. The monoisotopic (exact) mass is 828 g/mol. The van der Waals surface area contributed by atoms with Crippen molar-refractivity contribution in [2.45, 2.75) is 46.1 Å².